The summed E-state index contributed by atoms with van der Waals surface area (Å²) >= 11 is 1.87. The highest BCUT2D eigenvalue weighted by Crippen LogP contribution is 2.51. The normalized spacial score (nSPS) is 23.2. The number of rotatable bonds is 6. The first kappa shape index (κ1) is 31.4. The average Bonchev–Trinajstić information content (AvgIpc) is 3.73. The Bertz CT molecular complexity index is 2480. The topological polar surface area (TPSA) is 12.5 Å². The van der Waals surface area contributed by atoms with Gasteiger partial charge in [-0.15, -0.1) is 11.3 Å². The van der Waals surface area contributed by atoms with Crippen molar-refractivity contribution in [3.8, 4) is 16.9 Å². The predicted octanol–water partition coefficient (Wildman–Crippen LogP) is 13.2. The second kappa shape index (κ2) is 12.7. The maximum Gasteiger partial charge on any atom is 0.123 e. The number of ether oxygens (including phenoxy) is 1. The van der Waals surface area contributed by atoms with Crippen LogP contribution in [0.15, 0.2) is 175 Å². The molecule has 10 rings (SSSR count). The van der Waals surface area contributed by atoms with Crippen molar-refractivity contribution in [3.05, 3.63) is 186 Å². The van der Waals surface area contributed by atoms with Crippen LogP contribution in [0.5, 0.6) is 5.75 Å². The highest BCUT2D eigenvalue weighted by atomic mass is 32.1. The minimum absolute atomic E-state index is 0.00605. The number of fused-ring (bicyclic) bond motifs is 6. The van der Waals surface area contributed by atoms with Gasteiger partial charge in [0, 0.05) is 54.9 Å². The van der Waals surface area contributed by atoms with E-state index in [1.165, 1.54) is 64.9 Å². The van der Waals surface area contributed by atoms with Crippen LogP contribution < -0.4 is 9.64 Å². The summed E-state index contributed by atoms with van der Waals surface area (Å²) in [4.78, 5) is 2.52. The molecule has 0 amide bonds. The number of hydrogen-bond donors (Lipinski definition) is 0. The molecule has 0 saturated carbocycles. The van der Waals surface area contributed by atoms with Crippen LogP contribution >= 0.6 is 11.3 Å². The summed E-state index contributed by atoms with van der Waals surface area (Å²) < 4.78 is 9.10. The third kappa shape index (κ3) is 5.38. The van der Waals surface area contributed by atoms with Crippen LogP contribution in [0.1, 0.15) is 49.7 Å². The molecular formula is C49H41NOS. The van der Waals surface area contributed by atoms with Gasteiger partial charge in [-0.1, -0.05) is 122 Å². The van der Waals surface area contributed by atoms with Gasteiger partial charge in [-0.3, -0.25) is 0 Å². The second-order valence-electron chi connectivity index (χ2n) is 15.0. The number of allylic oxidation sites excluding steroid dienone is 7. The fraction of sp³-hybridized carbons (Fsp3) is 0.184. The van der Waals surface area contributed by atoms with Gasteiger partial charge in [-0.05, 0) is 95.6 Å². The maximum absolute atomic E-state index is 6.42. The first-order chi connectivity index (χ1) is 25.6. The van der Waals surface area contributed by atoms with E-state index in [9.17, 15) is 0 Å². The molecule has 1 aliphatic heterocycles. The highest BCUT2D eigenvalue weighted by molar-refractivity contribution is 7.25. The maximum atomic E-state index is 6.42. The molecule has 4 atom stereocenters. The minimum Gasteiger partial charge on any atom is -0.489 e. The lowest BCUT2D eigenvalue weighted by atomic mass is 9.68. The van der Waals surface area contributed by atoms with Crippen LogP contribution in [0, 0.1) is 0 Å². The van der Waals surface area contributed by atoms with Crippen LogP contribution in [-0.4, -0.2) is 12.1 Å². The number of anilines is 2. The fourth-order valence-electron chi connectivity index (χ4n) is 8.95. The molecule has 0 bridgehead atoms. The Labute approximate surface area is 310 Å². The number of para-hydroxylation sites is 1. The van der Waals surface area contributed by atoms with E-state index in [2.05, 4.69) is 176 Å². The lowest BCUT2D eigenvalue weighted by molar-refractivity contribution is 0.150. The van der Waals surface area contributed by atoms with Gasteiger partial charge in [-0.2, -0.15) is 0 Å². The second-order valence-corrected chi connectivity index (χ2v) is 16.0. The molecule has 0 radical (unpaired) electrons. The Morgan fingerprint density at radius 1 is 0.692 bits per heavy atom. The van der Waals surface area contributed by atoms with E-state index in [0.29, 0.717) is 5.92 Å². The highest BCUT2D eigenvalue weighted by Gasteiger charge is 2.47. The fourth-order valence-corrected chi connectivity index (χ4v) is 10.0. The zero-order valence-corrected chi connectivity index (χ0v) is 30.2. The lowest BCUT2D eigenvalue weighted by Gasteiger charge is -2.37. The van der Waals surface area contributed by atoms with Gasteiger partial charge in [-0.25, -0.2) is 0 Å². The van der Waals surface area contributed by atoms with E-state index < -0.39 is 0 Å². The molecule has 0 N–H and O–H groups in total. The number of hydrogen-bond acceptors (Lipinski definition) is 3. The van der Waals surface area contributed by atoms with Crippen molar-refractivity contribution in [1.29, 1.82) is 0 Å². The summed E-state index contributed by atoms with van der Waals surface area (Å²) in [7, 11) is 0. The molecule has 0 saturated heterocycles. The van der Waals surface area contributed by atoms with Gasteiger partial charge in [0.25, 0.3) is 0 Å². The molecule has 3 heteroatoms. The molecule has 5 aromatic carbocycles. The third-order valence-electron chi connectivity index (χ3n) is 11.8. The van der Waals surface area contributed by atoms with E-state index in [1.807, 2.05) is 11.3 Å². The Balaban J connectivity index is 0.951. The van der Waals surface area contributed by atoms with E-state index >= 15 is 0 Å². The SMILES string of the molecule is CC12CC(C3=CCC(N(c4ccc(-c5ccc6sc7ccccc7c6c5)cc4)c4ccc(C5C=CC=CC5)cc4)C=C3)=CCC1Oc1ccccc12. The molecule has 4 unspecified atom stereocenters. The van der Waals surface area contributed by atoms with Crippen LogP contribution in [0.3, 0.4) is 0 Å². The quantitative estimate of drug-likeness (QED) is 0.172. The Morgan fingerprint density at radius 2 is 1.46 bits per heavy atom. The van der Waals surface area contributed by atoms with Crippen molar-refractivity contribution in [3.63, 3.8) is 0 Å². The van der Waals surface area contributed by atoms with Crippen LogP contribution in [-0.2, 0) is 5.41 Å². The van der Waals surface area contributed by atoms with Crippen molar-refractivity contribution >= 4 is 42.9 Å². The molecule has 52 heavy (non-hydrogen) atoms. The van der Waals surface area contributed by atoms with Gasteiger partial charge >= 0.3 is 0 Å². The summed E-state index contributed by atoms with van der Waals surface area (Å²) in [5, 5.41) is 2.68. The molecule has 6 aromatic rings. The molecule has 2 heterocycles. The van der Waals surface area contributed by atoms with Gasteiger partial charge < -0.3 is 9.64 Å². The Kier molecular flexibility index (Phi) is 7.65. The predicted molar refractivity (Wildman–Crippen MR) is 220 cm³/mol. The van der Waals surface area contributed by atoms with Gasteiger partial charge in [0.05, 0.1) is 6.04 Å². The molecular weight excluding hydrogens is 651 g/mol. The molecule has 254 valence electrons. The standard InChI is InChI=1S/C49H41NOS/c1-49-32-38(22-30-48(49)51-45-13-7-6-12-44(45)49)36-19-27-41(28-20-36)50(39-23-15-34(16-24-39)33-9-3-2-4-10-33)40-25-17-35(18-26-40)37-21-29-47-43(31-37)42-11-5-8-14-46(42)52-47/h2-9,11-27,29,31,33,41,48H,10,28,30,32H2,1H3. The van der Waals surface area contributed by atoms with E-state index in [4.69, 9.17) is 4.74 Å². The molecule has 1 aromatic heterocycles. The first-order valence-electron chi connectivity index (χ1n) is 18.7. The van der Waals surface area contributed by atoms with Gasteiger partial charge in [0.15, 0.2) is 0 Å². The summed E-state index contributed by atoms with van der Waals surface area (Å²) in [6, 6.07) is 43.0. The van der Waals surface area contributed by atoms with Crippen molar-refractivity contribution in [2.75, 3.05) is 4.90 Å². The molecule has 3 aliphatic carbocycles. The largest absolute Gasteiger partial charge is 0.489 e. The van der Waals surface area contributed by atoms with Crippen molar-refractivity contribution in [1.82, 2.24) is 0 Å². The summed E-state index contributed by atoms with van der Waals surface area (Å²) in [5.41, 5.74) is 10.4. The summed E-state index contributed by atoms with van der Waals surface area (Å²) in [5.74, 6) is 1.49. The molecule has 4 aliphatic rings. The summed E-state index contributed by atoms with van der Waals surface area (Å²) in [6.07, 6.45) is 22.8. The van der Waals surface area contributed by atoms with Crippen molar-refractivity contribution < 1.29 is 4.74 Å². The van der Waals surface area contributed by atoms with Crippen LogP contribution in [0.4, 0.5) is 11.4 Å². The monoisotopic (exact) mass is 691 g/mol. The van der Waals surface area contributed by atoms with Gasteiger partial charge in [0.1, 0.15) is 11.9 Å². The molecule has 0 fully saturated rings. The van der Waals surface area contributed by atoms with E-state index in [1.54, 1.807) is 0 Å². The Morgan fingerprint density at radius 3 is 2.27 bits per heavy atom. The number of nitrogens with zero attached hydrogens (tertiary/aromatic N) is 1. The van der Waals surface area contributed by atoms with Crippen molar-refractivity contribution in [2.24, 2.45) is 0 Å². The molecule has 2 nitrogen and oxygen atoms in total. The number of thiophene rings is 1. The van der Waals surface area contributed by atoms with E-state index in [0.717, 1.165) is 31.4 Å². The molecule has 0 spiro atoms. The van der Waals surface area contributed by atoms with Crippen LogP contribution in [0.2, 0.25) is 0 Å². The third-order valence-corrected chi connectivity index (χ3v) is 13.0. The number of benzene rings is 5. The van der Waals surface area contributed by atoms with Crippen LogP contribution in [0.25, 0.3) is 31.3 Å². The van der Waals surface area contributed by atoms with E-state index in [-0.39, 0.29) is 17.6 Å². The lowest BCUT2D eigenvalue weighted by Crippen LogP contribution is -2.38. The average molecular weight is 692 g/mol. The zero-order chi connectivity index (χ0) is 34.6. The smallest absolute Gasteiger partial charge is 0.123 e. The minimum atomic E-state index is 0.00605. The summed E-state index contributed by atoms with van der Waals surface area (Å²) in [6.45, 7) is 2.39. The van der Waals surface area contributed by atoms with Gasteiger partial charge in [0.2, 0.25) is 0 Å². The van der Waals surface area contributed by atoms with Crippen molar-refractivity contribution in [2.45, 2.75) is 56.1 Å². The zero-order valence-electron chi connectivity index (χ0n) is 29.4. The first-order valence-corrected chi connectivity index (χ1v) is 19.5. The Hall–Kier alpha value is -5.38.